The van der Waals surface area contributed by atoms with Crippen LogP contribution in [0, 0.1) is 3.57 Å². The largest absolute Gasteiger partial charge is 0.370 e. The SMILES string of the molecule is CC(=O)N[C@@H](CCCN=C(N)N)C(=O)N[C@H]1CCCNC(=O)CC[C@@H](C(N)=O)NC(=O)[C@H](Cc2c[nH]c3ccccc23)NC(=O)[C@H](CCCN=C(N)N)NC(=O)[C@@H](Cc2ccccc2I)NC(=O)[C@H](CCC(N)=O)NC1=O. The quantitative estimate of drug-likeness (QED) is 0.0240. The number of carbonyl (C=O) groups is 10. The average Bonchev–Trinajstić information content (AvgIpc) is 3.78. The molecule has 0 radical (unpaired) electrons. The second kappa shape index (κ2) is 31.1. The molecular weight excluding hydrogens is 1110 g/mol. The maximum absolute atomic E-state index is 14.7. The molecule has 21 N–H and O–H groups in total. The Morgan fingerprint density at radius 3 is 1.90 bits per heavy atom. The van der Waals surface area contributed by atoms with Crippen LogP contribution in [0.15, 0.2) is 64.7 Å². The number of nitrogens with one attached hydrogen (secondary N) is 9. The zero-order chi connectivity index (χ0) is 56.6. The highest BCUT2D eigenvalue weighted by atomic mass is 127. The fraction of sp³-hybridized carbons (Fsp3) is 0.469. The second-order valence-electron chi connectivity index (χ2n) is 18.3. The highest BCUT2D eigenvalue weighted by molar-refractivity contribution is 14.1. The number of aliphatic imine (C=N–C) groups is 2. The number of hydrogen-bond donors (Lipinski definition) is 15. The van der Waals surface area contributed by atoms with E-state index in [0.29, 0.717) is 14.7 Å². The highest BCUT2D eigenvalue weighted by Crippen LogP contribution is 2.20. The van der Waals surface area contributed by atoms with E-state index >= 15 is 0 Å². The number of H-pyrrole nitrogens is 1. The molecular formula is C49H70IN17O10. The zero-order valence-corrected chi connectivity index (χ0v) is 44.8. The van der Waals surface area contributed by atoms with Gasteiger partial charge in [-0.2, -0.15) is 0 Å². The molecule has 2 heterocycles. The van der Waals surface area contributed by atoms with Gasteiger partial charge in [0.1, 0.15) is 42.3 Å². The maximum Gasteiger partial charge on any atom is 0.243 e. The minimum atomic E-state index is -1.56. The molecule has 2 aromatic carbocycles. The summed E-state index contributed by atoms with van der Waals surface area (Å²) in [6.45, 7) is 1.25. The summed E-state index contributed by atoms with van der Waals surface area (Å²) < 4.78 is 0.704. The first-order valence-electron chi connectivity index (χ1n) is 24.9. The van der Waals surface area contributed by atoms with Gasteiger partial charge in [-0.1, -0.05) is 36.4 Å². The van der Waals surface area contributed by atoms with Gasteiger partial charge in [-0.05, 0) is 97.2 Å². The Morgan fingerprint density at radius 2 is 1.26 bits per heavy atom. The number of guanidine groups is 2. The number of carbonyl (C=O) groups excluding carboxylic acids is 10. The van der Waals surface area contributed by atoms with E-state index in [-0.39, 0.29) is 102 Å². The number of benzene rings is 2. The van der Waals surface area contributed by atoms with Gasteiger partial charge in [0, 0.05) is 72.9 Å². The van der Waals surface area contributed by atoms with E-state index in [4.69, 9.17) is 34.4 Å². The molecule has 1 saturated heterocycles. The summed E-state index contributed by atoms with van der Waals surface area (Å²) >= 11 is 2.05. The van der Waals surface area contributed by atoms with Crippen LogP contribution in [0.2, 0.25) is 0 Å². The fourth-order valence-corrected chi connectivity index (χ4v) is 8.86. The van der Waals surface area contributed by atoms with Crippen molar-refractivity contribution in [2.24, 2.45) is 44.4 Å². The summed E-state index contributed by atoms with van der Waals surface area (Å²) in [6, 6.07) is 4.30. The first kappa shape index (κ1) is 61.5. The van der Waals surface area contributed by atoms with Crippen molar-refractivity contribution < 1.29 is 47.9 Å². The van der Waals surface area contributed by atoms with Crippen LogP contribution in [0.3, 0.4) is 0 Å². The predicted molar refractivity (Wildman–Crippen MR) is 293 cm³/mol. The van der Waals surface area contributed by atoms with Gasteiger partial charge in [-0.15, -0.1) is 0 Å². The topological polar surface area (TPSA) is 464 Å². The Balaban J connectivity index is 1.80. The molecule has 28 heteroatoms. The number of rotatable bonds is 19. The first-order chi connectivity index (χ1) is 36.6. The molecule has 10 amide bonds. The number of fused-ring (bicyclic) bond motifs is 1. The Bertz CT molecular complexity index is 2650. The van der Waals surface area contributed by atoms with Gasteiger partial charge in [0.25, 0.3) is 0 Å². The lowest BCUT2D eigenvalue weighted by atomic mass is 10.0. The van der Waals surface area contributed by atoms with E-state index in [9.17, 15) is 47.9 Å². The van der Waals surface area contributed by atoms with Crippen LogP contribution in [-0.4, -0.2) is 138 Å². The summed E-state index contributed by atoms with van der Waals surface area (Å²) in [5, 5.41) is 21.9. The smallest absolute Gasteiger partial charge is 0.243 e. The number of hydrogen-bond acceptors (Lipinski definition) is 12. The summed E-state index contributed by atoms with van der Waals surface area (Å²) in [4.78, 5) is 148. The molecule has 0 saturated carbocycles. The number of aromatic nitrogens is 1. The standard InChI is InChI=1S/C49H70IN17O10/c1-26(68)61-33(13-7-21-58-48(53)54)42(72)63-34-14-6-20-57-40(70)19-17-32(41(52)71)62-46(76)38(24-28-25-60-31-12-5-3-10-29(28)31)67-44(74)35(15-8-22-59-49(55)56)64-47(77)37(23-27-9-2-4-11-30(27)50)66-45(75)36(65-43(34)73)16-18-39(51)69/h2-5,9-12,25,32-38,60H,6-8,13-24H2,1H3,(H2,51,69)(H2,52,71)(H,57,70)(H,61,68)(H,62,76)(H,63,72)(H,64,77)(H,65,73)(H,66,75)(H,67,74)(H4,53,54,58)(H4,55,56,59)/t32-,33-,34-,35-,36-,37+,38-/m0/s1. The number of nitrogens with zero attached hydrogens (tertiary/aromatic N) is 2. The monoisotopic (exact) mass is 1180 g/mol. The van der Waals surface area contributed by atoms with E-state index in [1.165, 1.54) is 6.92 Å². The van der Waals surface area contributed by atoms with Crippen LogP contribution in [0.5, 0.6) is 0 Å². The third kappa shape index (κ3) is 21.2. The molecule has 1 aliphatic heterocycles. The maximum atomic E-state index is 14.7. The summed E-state index contributed by atoms with van der Waals surface area (Å²) in [6.07, 6.45) is 0.152. The van der Waals surface area contributed by atoms with E-state index in [1.807, 2.05) is 18.2 Å². The number of nitrogens with two attached hydrogens (primary N) is 6. The van der Waals surface area contributed by atoms with E-state index in [2.05, 4.69) is 80.1 Å². The van der Waals surface area contributed by atoms with Gasteiger partial charge >= 0.3 is 0 Å². The van der Waals surface area contributed by atoms with Crippen molar-refractivity contribution in [2.75, 3.05) is 19.6 Å². The van der Waals surface area contributed by atoms with Gasteiger partial charge < -0.3 is 81.9 Å². The van der Waals surface area contributed by atoms with Crippen LogP contribution in [-0.2, 0) is 60.8 Å². The molecule has 418 valence electrons. The van der Waals surface area contributed by atoms with Gasteiger partial charge in [0.15, 0.2) is 11.9 Å². The van der Waals surface area contributed by atoms with Gasteiger partial charge in [-0.3, -0.25) is 57.9 Å². The van der Waals surface area contributed by atoms with Gasteiger partial charge in [-0.25, -0.2) is 0 Å². The van der Waals surface area contributed by atoms with Crippen LogP contribution >= 0.6 is 22.6 Å². The lowest BCUT2D eigenvalue weighted by molar-refractivity contribution is -0.136. The number of halogens is 1. The van der Waals surface area contributed by atoms with Gasteiger partial charge in [0.05, 0.1) is 0 Å². The van der Waals surface area contributed by atoms with Crippen molar-refractivity contribution in [3.8, 4) is 0 Å². The van der Waals surface area contributed by atoms with E-state index in [0.717, 1.165) is 10.9 Å². The van der Waals surface area contributed by atoms with Crippen LogP contribution in [0.4, 0.5) is 0 Å². The van der Waals surface area contributed by atoms with Crippen molar-refractivity contribution in [3.05, 3.63) is 69.4 Å². The van der Waals surface area contributed by atoms with Crippen molar-refractivity contribution in [2.45, 2.75) is 126 Å². The third-order valence-corrected chi connectivity index (χ3v) is 13.3. The Labute approximate surface area is 457 Å². The van der Waals surface area contributed by atoms with Crippen molar-refractivity contribution in [1.29, 1.82) is 0 Å². The number of para-hydroxylation sites is 1. The Hall–Kier alpha value is -8.05. The molecule has 4 rings (SSSR count). The number of primary amides is 2. The summed E-state index contributed by atoms with van der Waals surface area (Å²) in [5.41, 5.74) is 35.2. The lowest BCUT2D eigenvalue weighted by Crippen LogP contribution is -2.60. The average molecular weight is 1180 g/mol. The summed E-state index contributed by atoms with van der Waals surface area (Å²) in [7, 11) is 0. The normalized spacial score (nSPS) is 20.8. The van der Waals surface area contributed by atoms with E-state index in [1.54, 1.807) is 36.5 Å². The third-order valence-electron chi connectivity index (χ3n) is 12.2. The van der Waals surface area contributed by atoms with Crippen LogP contribution in [0.25, 0.3) is 10.9 Å². The predicted octanol–water partition coefficient (Wildman–Crippen LogP) is -3.48. The number of amides is 10. The zero-order valence-electron chi connectivity index (χ0n) is 42.7. The fourth-order valence-electron chi connectivity index (χ4n) is 8.25. The molecule has 1 fully saturated rings. The van der Waals surface area contributed by atoms with Crippen LogP contribution < -0.4 is 76.9 Å². The first-order valence-corrected chi connectivity index (χ1v) is 26.0. The van der Waals surface area contributed by atoms with Crippen molar-refractivity contribution >= 4 is 104 Å². The molecule has 0 aliphatic carbocycles. The summed E-state index contributed by atoms with van der Waals surface area (Å²) in [5.74, 6) is -8.62. The molecule has 27 nitrogen and oxygen atoms in total. The van der Waals surface area contributed by atoms with Crippen LogP contribution in [0.1, 0.15) is 82.3 Å². The molecule has 1 aliphatic rings. The Kier molecular flexibility index (Phi) is 24.8. The highest BCUT2D eigenvalue weighted by Gasteiger charge is 2.35. The molecule has 7 atom stereocenters. The molecule has 0 unspecified atom stereocenters. The molecule has 1 aromatic heterocycles. The Morgan fingerprint density at radius 1 is 0.688 bits per heavy atom. The molecule has 0 spiro atoms. The molecule has 3 aromatic rings. The molecule has 77 heavy (non-hydrogen) atoms. The van der Waals surface area contributed by atoms with Gasteiger partial charge in [0.2, 0.25) is 59.1 Å². The number of aromatic amines is 1. The lowest BCUT2D eigenvalue weighted by Gasteiger charge is -2.28. The minimum absolute atomic E-state index is 0.0213. The van der Waals surface area contributed by atoms with Crippen molar-refractivity contribution in [1.82, 2.24) is 47.5 Å². The van der Waals surface area contributed by atoms with Crippen molar-refractivity contribution in [3.63, 3.8) is 0 Å². The minimum Gasteiger partial charge on any atom is -0.370 e. The second-order valence-corrected chi connectivity index (χ2v) is 19.5. The molecule has 0 bridgehead atoms. The van der Waals surface area contributed by atoms with E-state index < -0.39 is 108 Å².